The molecule has 2 aromatic carbocycles. The van der Waals surface area contributed by atoms with Gasteiger partial charge in [0.05, 0.1) is 24.2 Å². The van der Waals surface area contributed by atoms with E-state index >= 15 is 0 Å². The van der Waals surface area contributed by atoms with Crippen molar-refractivity contribution in [1.29, 1.82) is 0 Å². The zero-order chi connectivity index (χ0) is 19.9. The zero-order valence-electron chi connectivity index (χ0n) is 15.3. The Balaban J connectivity index is 2.04. The molecule has 27 heavy (non-hydrogen) atoms. The van der Waals surface area contributed by atoms with Gasteiger partial charge in [-0.2, -0.15) is 0 Å². The van der Waals surface area contributed by atoms with Crippen LogP contribution in [0.3, 0.4) is 0 Å². The number of nitrogens with zero attached hydrogens (tertiary/aromatic N) is 1. The van der Waals surface area contributed by atoms with Crippen LogP contribution in [0, 0.1) is 5.82 Å². The molecule has 0 spiro atoms. The van der Waals surface area contributed by atoms with E-state index in [1.807, 2.05) is 6.92 Å². The average Bonchev–Trinajstić information content (AvgIpc) is 2.61. The van der Waals surface area contributed by atoms with Crippen LogP contribution < -0.4 is 14.4 Å². The lowest BCUT2D eigenvalue weighted by Gasteiger charge is -2.24. The molecule has 0 bridgehead atoms. The second kappa shape index (κ2) is 9.36. The predicted molar refractivity (Wildman–Crippen MR) is 104 cm³/mol. The van der Waals surface area contributed by atoms with E-state index in [-0.39, 0.29) is 31.0 Å². The summed E-state index contributed by atoms with van der Waals surface area (Å²) in [5.74, 6) is -0.442. The molecular weight excluding hydrogens is 371 g/mol. The van der Waals surface area contributed by atoms with Gasteiger partial charge in [0.15, 0.2) is 0 Å². The summed E-state index contributed by atoms with van der Waals surface area (Å²) >= 11 is 0. The smallest absolute Gasteiger partial charge is 0.232 e. The van der Waals surface area contributed by atoms with Crippen LogP contribution in [0.15, 0.2) is 48.5 Å². The van der Waals surface area contributed by atoms with Crippen molar-refractivity contribution in [2.75, 3.05) is 29.0 Å². The average molecular weight is 394 g/mol. The Morgan fingerprint density at radius 2 is 1.81 bits per heavy atom. The van der Waals surface area contributed by atoms with Gasteiger partial charge in [0.25, 0.3) is 0 Å². The van der Waals surface area contributed by atoms with Gasteiger partial charge < -0.3 is 10.1 Å². The van der Waals surface area contributed by atoms with Gasteiger partial charge in [-0.1, -0.05) is 24.3 Å². The van der Waals surface area contributed by atoms with Gasteiger partial charge in [-0.25, -0.2) is 12.8 Å². The zero-order valence-corrected chi connectivity index (χ0v) is 16.1. The number of halogens is 1. The summed E-state index contributed by atoms with van der Waals surface area (Å²) in [7, 11) is -3.56. The van der Waals surface area contributed by atoms with Gasteiger partial charge in [0, 0.05) is 13.0 Å². The predicted octanol–water partition coefficient (Wildman–Crippen LogP) is 3.41. The summed E-state index contributed by atoms with van der Waals surface area (Å²) in [6.45, 7) is 2.32. The van der Waals surface area contributed by atoms with E-state index < -0.39 is 15.8 Å². The van der Waals surface area contributed by atoms with E-state index in [0.717, 1.165) is 6.26 Å². The molecule has 8 heteroatoms. The van der Waals surface area contributed by atoms with Gasteiger partial charge in [-0.3, -0.25) is 9.10 Å². The first-order valence-corrected chi connectivity index (χ1v) is 10.4. The normalized spacial score (nSPS) is 11.1. The molecule has 1 N–H and O–H groups in total. The standard InChI is InChI=1S/C19H23FN2O4S/c1-3-26-18-12-7-6-11-17(18)22(27(2,24)25)14-8-13-19(23)21-16-10-5-4-9-15(16)20/h4-7,9-12H,3,8,13-14H2,1-2H3,(H,21,23). The van der Waals surface area contributed by atoms with Crippen molar-refractivity contribution < 1.29 is 22.3 Å². The highest BCUT2D eigenvalue weighted by Crippen LogP contribution is 2.30. The second-order valence-corrected chi connectivity index (χ2v) is 7.77. The molecule has 0 atom stereocenters. The van der Waals surface area contributed by atoms with E-state index in [1.54, 1.807) is 30.3 Å². The Hall–Kier alpha value is -2.61. The van der Waals surface area contributed by atoms with E-state index in [2.05, 4.69) is 5.32 Å². The second-order valence-electron chi connectivity index (χ2n) is 5.87. The van der Waals surface area contributed by atoms with E-state index in [4.69, 9.17) is 4.74 Å². The van der Waals surface area contributed by atoms with Crippen molar-refractivity contribution >= 4 is 27.3 Å². The Morgan fingerprint density at radius 3 is 2.48 bits per heavy atom. The Labute approximate surface area is 159 Å². The number of benzene rings is 2. The highest BCUT2D eigenvalue weighted by atomic mass is 32.2. The SMILES string of the molecule is CCOc1ccccc1N(CCCC(=O)Nc1ccccc1F)S(C)(=O)=O. The minimum absolute atomic E-state index is 0.0527. The molecule has 146 valence electrons. The van der Waals surface area contributed by atoms with Crippen molar-refractivity contribution in [3.63, 3.8) is 0 Å². The Bertz CT molecular complexity index is 887. The number of carbonyl (C=O) groups excluding carboxylic acids is 1. The molecule has 2 rings (SSSR count). The number of hydrogen-bond acceptors (Lipinski definition) is 4. The largest absolute Gasteiger partial charge is 0.492 e. The van der Waals surface area contributed by atoms with Crippen LogP contribution >= 0.6 is 0 Å². The third-order valence-electron chi connectivity index (χ3n) is 3.75. The first-order chi connectivity index (χ1) is 12.8. The van der Waals surface area contributed by atoms with Gasteiger partial charge >= 0.3 is 0 Å². The van der Waals surface area contributed by atoms with Crippen molar-refractivity contribution in [2.24, 2.45) is 0 Å². The third kappa shape index (κ3) is 5.96. The minimum Gasteiger partial charge on any atom is -0.492 e. The molecule has 0 aliphatic carbocycles. The molecular formula is C19H23FN2O4S. The monoisotopic (exact) mass is 394 g/mol. The van der Waals surface area contributed by atoms with E-state index in [1.165, 1.54) is 22.5 Å². The molecule has 0 fully saturated rings. The molecule has 0 saturated carbocycles. The van der Waals surface area contributed by atoms with Crippen LogP contribution in [0.2, 0.25) is 0 Å². The molecule has 0 aliphatic heterocycles. The quantitative estimate of drug-likeness (QED) is 0.707. The van der Waals surface area contributed by atoms with Crippen LogP contribution in [-0.4, -0.2) is 33.7 Å². The van der Waals surface area contributed by atoms with Gasteiger partial charge in [0.1, 0.15) is 11.6 Å². The van der Waals surface area contributed by atoms with Gasteiger partial charge in [-0.05, 0) is 37.6 Å². The number of nitrogens with one attached hydrogen (secondary N) is 1. The van der Waals surface area contributed by atoms with Crippen molar-refractivity contribution in [3.05, 3.63) is 54.3 Å². The van der Waals surface area contributed by atoms with Crippen LogP contribution in [0.4, 0.5) is 15.8 Å². The number of ether oxygens (including phenoxy) is 1. The number of hydrogen-bond donors (Lipinski definition) is 1. The number of carbonyl (C=O) groups is 1. The first-order valence-electron chi connectivity index (χ1n) is 8.57. The lowest BCUT2D eigenvalue weighted by molar-refractivity contribution is -0.116. The molecule has 0 radical (unpaired) electrons. The van der Waals surface area contributed by atoms with Gasteiger partial charge in [-0.15, -0.1) is 0 Å². The van der Waals surface area contributed by atoms with Crippen LogP contribution in [-0.2, 0) is 14.8 Å². The molecule has 1 amide bonds. The maximum Gasteiger partial charge on any atom is 0.232 e. The summed E-state index contributed by atoms with van der Waals surface area (Å²) in [6.07, 6.45) is 1.43. The fourth-order valence-corrected chi connectivity index (χ4v) is 3.53. The van der Waals surface area contributed by atoms with E-state index in [0.29, 0.717) is 18.0 Å². The highest BCUT2D eigenvalue weighted by molar-refractivity contribution is 7.92. The molecule has 0 aliphatic rings. The summed E-state index contributed by atoms with van der Waals surface area (Å²) in [5.41, 5.74) is 0.528. The number of anilines is 2. The Morgan fingerprint density at radius 1 is 1.15 bits per heavy atom. The first kappa shape index (κ1) is 20.7. The fourth-order valence-electron chi connectivity index (χ4n) is 2.56. The van der Waals surface area contributed by atoms with Crippen molar-refractivity contribution in [2.45, 2.75) is 19.8 Å². The van der Waals surface area contributed by atoms with Crippen LogP contribution in [0.1, 0.15) is 19.8 Å². The van der Waals surface area contributed by atoms with E-state index in [9.17, 15) is 17.6 Å². The minimum atomic E-state index is -3.56. The van der Waals surface area contributed by atoms with Crippen LogP contribution in [0.5, 0.6) is 5.75 Å². The maximum atomic E-state index is 13.6. The number of rotatable bonds is 9. The van der Waals surface area contributed by atoms with Crippen molar-refractivity contribution in [3.8, 4) is 5.75 Å². The molecule has 0 saturated heterocycles. The number of amides is 1. The Kier molecular flexibility index (Phi) is 7.18. The molecule has 2 aromatic rings. The van der Waals surface area contributed by atoms with Gasteiger partial charge in [0.2, 0.25) is 15.9 Å². The summed E-state index contributed by atoms with van der Waals surface area (Å²) in [5, 5.41) is 2.49. The van der Waals surface area contributed by atoms with Crippen molar-refractivity contribution in [1.82, 2.24) is 0 Å². The molecule has 0 heterocycles. The topological polar surface area (TPSA) is 75.7 Å². The van der Waals surface area contributed by atoms with Crippen LogP contribution in [0.25, 0.3) is 0 Å². The highest BCUT2D eigenvalue weighted by Gasteiger charge is 2.21. The lowest BCUT2D eigenvalue weighted by Crippen LogP contribution is -2.32. The summed E-state index contributed by atoms with van der Waals surface area (Å²) < 4.78 is 44.7. The number of sulfonamides is 1. The molecule has 0 aromatic heterocycles. The third-order valence-corrected chi connectivity index (χ3v) is 4.93. The molecule has 0 unspecified atom stereocenters. The summed E-state index contributed by atoms with van der Waals surface area (Å²) in [6, 6.07) is 12.7. The fraction of sp³-hybridized carbons (Fsp3) is 0.316. The number of para-hydroxylation sites is 3. The maximum absolute atomic E-state index is 13.6. The lowest BCUT2D eigenvalue weighted by atomic mass is 10.2. The molecule has 6 nitrogen and oxygen atoms in total. The summed E-state index contributed by atoms with van der Waals surface area (Å²) in [4.78, 5) is 12.0.